The van der Waals surface area contributed by atoms with Gasteiger partial charge < -0.3 is 5.11 Å². The fourth-order valence-corrected chi connectivity index (χ4v) is 2.32. The average Bonchev–Trinajstić information content (AvgIpc) is 2.59. The fourth-order valence-electron chi connectivity index (χ4n) is 1.48. The van der Waals surface area contributed by atoms with Crippen molar-refractivity contribution in [1.82, 2.24) is 4.90 Å². The van der Waals surface area contributed by atoms with Crippen molar-refractivity contribution in [2.75, 3.05) is 7.05 Å². The lowest BCUT2D eigenvalue weighted by Gasteiger charge is -2.03. The smallest absolute Gasteiger partial charge is 0.270 e. The molecule has 1 aromatic carbocycles. The second-order valence-corrected chi connectivity index (χ2v) is 4.81. The van der Waals surface area contributed by atoms with Crippen molar-refractivity contribution in [3.05, 3.63) is 38.8 Å². The van der Waals surface area contributed by atoms with Crippen LogP contribution in [0, 0.1) is 15.5 Å². The third-order valence-corrected chi connectivity index (χ3v) is 3.51. The van der Waals surface area contributed by atoms with E-state index in [4.69, 9.17) is 5.41 Å². The third kappa shape index (κ3) is 2.43. The third-order valence-electron chi connectivity index (χ3n) is 2.54. The predicted molar refractivity (Wildman–Crippen MR) is 70.8 cm³/mol. The van der Waals surface area contributed by atoms with Gasteiger partial charge in [0.1, 0.15) is 5.75 Å². The van der Waals surface area contributed by atoms with Gasteiger partial charge in [0, 0.05) is 24.7 Å². The Hall–Kier alpha value is -2.35. The molecule has 0 atom stereocenters. The molecule has 0 bridgehead atoms. The molecule has 7 nitrogen and oxygen atoms in total. The molecule has 98 valence electrons. The van der Waals surface area contributed by atoms with E-state index in [1.54, 1.807) is 0 Å². The van der Waals surface area contributed by atoms with Crippen molar-refractivity contribution in [1.29, 1.82) is 5.41 Å². The van der Waals surface area contributed by atoms with Crippen molar-refractivity contribution >= 4 is 34.6 Å². The maximum Gasteiger partial charge on any atom is 0.270 e. The molecule has 0 unspecified atom stereocenters. The van der Waals surface area contributed by atoms with Gasteiger partial charge in [-0.1, -0.05) is 0 Å². The molecule has 1 fully saturated rings. The maximum absolute atomic E-state index is 11.7. The molecule has 2 rings (SSSR count). The summed E-state index contributed by atoms with van der Waals surface area (Å²) in [5.41, 5.74) is -0.00308. The number of non-ortho nitro benzene ring substituents is 1. The van der Waals surface area contributed by atoms with Crippen LogP contribution in [0.4, 0.5) is 5.69 Å². The van der Waals surface area contributed by atoms with Gasteiger partial charge in [-0.05, 0) is 23.9 Å². The number of hydrogen-bond acceptors (Lipinski definition) is 6. The first kappa shape index (κ1) is 13.1. The Kier molecular flexibility index (Phi) is 3.26. The number of nitrogens with one attached hydrogen (secondary N) is 1. The second kappa shape index (κ2) is 4.73. The number of amidine groups is 1. The molecule has 1 aliphatic rings. The first-order valence-corrected chi connectivity index (χ1v) is 5.95. The van der Waals surface area contributed by atoms with E-state index in [1.165, 1.54) is 31.3 Å². The lowest BCUT2D eigenvalue weighted by atomic mass is 10.1. The van der Waals surface area contributed by atoms with Crippen LogP contribution < -0.4 is 0 Å². The van der Waals surface area contributed by atoms with E-state index in [0.717, 1.165) is 16.7 Å². The summed E-state index contributed by atoms with van der Waals surface area (Å²) in [7, 11) is 1.46. The number of likely N-dealkylation sites (N-methyl/N-ethyl adjacent to an activating group) is 1. The lowest BCUT2D eigenvalue weighted by molar-refractivity contribution is -0.384. The summed E-state index contributed by atoms with van der Waals surface area (Å²) in [6.45, 7) is 0. The maximum atomic E-state index is 11.7. The number of carbonyl (C=O) groups excluding carboxylic acids is 1. The number of nitro benzene ring substituents is 1. The highest BCUT2D eigenvalue weighted by Gasteiger charge is 2.29. The van der Waals surface area contributed by atoms with Gasteiger partial charge in [0.15, 0.2) is 5.17 Å². The molecule has 2 N–H and O–H groups in total. The summed E-state index contributed by atoms with van der Waals surface area (Å²) in [6.07, 6.45) is 1.34. The SMILES string of the molecule is CN1C(=N)S/C(=C\c2cc([N+](=O)[O-])ccc2O)C1=O. The molecular formula is C11H9N3O4S. The van der Waals surface area contributed by atoms with Gasteiger partial charge in [-0.15, -0.1) is 0 Å². The molecule has 0 saturated carbocycles. The number of benzene rings is 1. The van der Waals surface area contributed by atoms with Crippen LogP contribution >= 0.6 is 11.8 Å². The number of amides is 1. The number of carbonyl (C=O) groups is 1. The standard InChI is InChI=1S/C11H9N3O4S/c1-13-10(16)9(19-11(13)12)5-6-4-7(14(17)18)2-3-8(6)15/h2-5,12,15H,1H3/b9-5-,12-11?. The summed E-state index contributed by atoms with van der Waals surface area (Å²) in [5.74, 6) is -0.534. The highest BCUT2D eigenvalue weighted by molar-refractivity contribution is 8.18. The van der Waals surface area contributed by atoms with Gasteiger partial charge in [-0.25, -0.2) is 0 Å². The zero-order valence-corrected chi connectivity index (χ0v) is 10.6. The number of nitrogens with zero attached hydrogens (tertiary/aromatic N) is 2. The Labute approximate surface area is 112 Å². The predicted octanol–water partition coefficient (Wildman–Crippen LogP) is 1.78. The largest absolute Gasteiger partial charge is 0.507 e. The minimum atomic E-state index is -0.584. The molecule has 1 amide bonds. The van der Waals surface area contributed by atoms with Crippen LogP contribution in [0.5, 0.6) is 5.75 Å². The quantitative estimate of drug-likeness (QED) is 0.487. The second-order valence-electron chi connectivity index (χ2n) is 3.78. The Morgan fingerprint density at radius 2 is 2.21 bits per heavy atom. The van der Waals surface area contributed by atoms with Crippen LogP contribution in [-0.4, -0.2) is 33.1 Å². The van der Waals surface area contributed by atoms with Gasteiger partial charge in [0.2, 0.25) is 0 Å². The minimum Gasteiger partial charge on any atom is -0.507 e. The zero-order chi connectivity index (χ0) is 14.2. The normalized spacial score (nSPS) is 17.3. The summed E-state index contributed by atoms with van der Waals surface area (Å²) >= 11 is 0.939. The summed E-state index contributed by atoms with van der Waals surface area (Å²) in [6, 6.07) is 3.55. The first-order chi connectivity index (χ1) is 8.90. The lowest BCUT2D eigenvalue weighted by Crippen LogP contribution is -2.22. The Balaban J connectivity index is 2.43. The number of aromatic hydroxyl groups is 1. The molecule has 0 radical (unpaired) electrons. The van der Waals surface area contributed by atoms with E-state index >= 15 is 0 Å². The monoisotopic (exact) mass is 279 g/mol. The van der Waals surface area contributed by atoms with Crippen molar-refractivity contribution in [3.63, 3.8) is 0 Å². The number of phenolic OH excluding ortho intramolecular Hbond substituents is 1. The van der Waals surface area contributed by atoms with Crippen molar-refractivity contribution in [3.8, 4) is 5.75 Å². The zero-order valence-electron chi connectivity index (χ0n) is 9.78. The highest BCUT2D eigenvalue weighted by atomic mass is 32.2. The van der Waals surface area contributed by atoms with Crippen molar-refractivity contribution in [2.45, 2.75) is 0 Å². The molecule has 8 heteroatoms. The number of rotatable bonds is 2. The van der Waals surface area contributed by atoms with Gasteiger partial charge in [-0.2, -0.15) is 0 Å². The van der Waals surface area contributed by atoms with E-state index in [0.29, 0.717) is 0 Å². The molecule has 1 aromatic rings. The van der Waals surface area contributed by atoms with E-state index in [9.17, 15) is 20.0 Å². The molecule has 1 saturated heterocycles. The molecule has 0 spiro atoms. The van der Waals surface area contributed by atoms with E-state index < -0.39 is 4.92 Å². The van der Waals surface area contributed by atoms with Gasteiger partial charge in [0.25, 0.3) is 11.6 Å². The van der Waals surface area contributed by atoms with Crippen molar-refractivity contribution in [2.24, 2.45) is 0 Å². The summed E-state index contributed by atoms with van der Waals surface area (Å²) < 4.78 is 0. The van der Waals surface area contributed by atoms with Crippen LogP contribution in [-0.2, 0) is 4.79 Å². The molecule has 0 aromatic heterocycles. The van der Waals surface area contributed by atoms with Gasteiger partial charge >= 0.3 is 0 Å². The van der Waals surface area contributed by atoms with Crippen LogP contribution in [0.3, 0.4) is 0 Å². The Morgan fingerprint density at radius 1 is 1.53 bits per heavy atom. The molecule has 19 heavy (non-hydrogen) atoms. The number of thioether (sulfide) groups is 1. The molecule has 1 heterocycles. The summed E-state index contributed by atoms with van der Waals surface area (Å²) in [5, 5.41) is 27.9. The molecule has 1 aliphatic heterocycles. The fraction of sp³-hybridized carbons (Fsp3) is 0.0909. The number of phenols is 1. The van der Waals surface area contributed by atoms with Gasteiger partial charge in [0.05, 0.1) is 9.83 Å². The van der Waals surface area contributed by atoms with Crippen LogP contribution in [0.2, 0.25) is 0 Å². The minimum absolute atomic E-state index is 0.0705. The van der Waals surface area contributed by atoms with Crippen LogP contribution in [0.25, 0.3) is 6.08 Å². The van der Waals surface area contributed by atoms with E-state index in [2.05, 4.69) is 0 Å². The van der Waals surface area contributed by atoms with E-state index in [1.807, 2.05) is 0 Å². The highest BCUT2D eigenvalue weighted by Crippen LogP contribution is 2.33. The first-order valence-electron chi connectivity index (χ1n) is 5.13. The Bertz CT molecular complexity index is 626. The topological polar surface area (TPSA) is 108 Å². The van der Waals surface area contributed by atoms with E-state index in [-0.39, 0.29) is 33.0 Å². The van der Waals surface area contributed by atoms with Crippen LogP contribution in [0.15, 0.2) is 23.1 Å². The Morgan fingerprint density at radius 3 is 2.74 bits per heavy atom. The summed E-state index contributed by atoms with van der Waals surface area (Å²) in [4.78, 5) is 23.2. The molecular weight excluding hydrogens is 270 g/mol. The van der Waals surface area contributed by atoms with Gasteiger partial charge in [-0.3, -0.25) is 25.2 Å². The number of hydrogen-bond donors (Lipinski definition) is 2. The van der Waals surface area contributed by atoms with Crippen molar-refractivity contribution < 1.29 is 14.8 Å². The molecule has 0 aliphatic carbocycles. The van der Waals surface area contributed by atoms with Crippen LogP contribution in [0.1, 0.15) is 5.56 Å². The average molecular weight is 279 g/mol. The number of nitro groups is 1.